The average molecular weight is 287 g/mol. The third-order valence-corrected chi connectivity index (χ3v) is 3.81. The Morgan fingerprint density at radius 1 is 1.10 bits per heavy atom. The van der Waals surface area contributed by atoms with Crippen LogP contribution in [0, 0.1) is 5.92 Å². The summed E-state index contributed by atoms with van der Waals surface area (Å²) < 4.78 is 11.7. The number of amides is 1. The predicted molar refractivity (Wildman–Crippen MR) is 82.8 cm³/mol. The van der Waals surface area contributed by atoms with Crippen molar-refractivity contribution in [1.82, 2.24) is 5.32 Å². The van der Waals surface area contributed by atoms with E-state index >= 15 is 0 Å². The van der Waals surface area contributed by atoms with Crippen molar-refractivity contribution >= 4 is 5.91 Å². The smallest absolute Gasteiger partial charge is 0.219 e. The van der Waals surface area contributed by atoms with Crippen molar-refractivity contribution in [1.29, 1.82) is 0 Å². The fourth-order valence-corrected chi connectivity index (χ4v) is 1.44. The van der Waals surface area contributed by atoms with E-state index in [1.54, 1.807) is 0 Å². The van der Waals surface area contributed by atoms with Gasteiger partial charge in [-0.25, -0.2) is 0 Å². The van der Waals surface area contributed by atoms with Crippen molar-refractivity contribution in [2.45, 2.75) is 72.5 Å². The topological polar surface area (TPSA) is 47.6 Å². The molecule has 4 heteroatoms. The van der Waals surface area contributed by atoms with Crippen LogP contribution in [0.25, 0.3) is 0 Å². The summed E-state index contributed by atoms with van der Waals surface area (Å²) in [5.74, 6) is 0.546. The van der Waals surface area contributed by atoms with Gasteiger partial charge in [0.05, 0.1) is 24.4 Å². The quantitative estimate of drug-likeness (QED) is 0.628. The van der Waals surface area contributed by atoms with E-state index in [4.69, 9.17) is 9.47 Å². The summed E-state index contributed by atoms with van der Waals surface area (Å²) in [5.41, 5.74) is -0.338. The Kier molecular flexibility index (Phi) is 8.36. The lowest BCUT2D eigenvalue weighted by molar-refractivity contribution is -0.121. The Hall–Kier alpha value is -0.610. The zero-order chi connectivity index (χ0) is 15.8. The van der Waals surface area contributed by atoms with Gasteiger partial charge in [-0.15, -0.1) is 0 Å². The highest BCUT2D eigenvalue weighted by molar-refractivity contribution is 5.75. The van der Waals surface area contributed by atoms with Crippen LogP contribution in [0.15, 0.2) is 0 Å². The second kappa shape index (κ2) is 8.63. The van der Waals surface area contributed by atoms with Gasteiger partial charge < -0.3 is 14.8 Å². The van der Waals surface area contributed by atoms with Gasteiger partial charge >= 0.3 is 0 Å². The Morgan fingerprint density at radius 2 is 1.70 bits per heavy atom. The van der Waals surface area contributed by atoms with Crippen molar-refractivity contribution in [3.63, 3.8) is 0 Å². The molecule has 0 aliphatic heterocycles. The monoisotopic (exact) mass is 287 g/mol. The maximum Gasteiger partial charge on any atom is 0.219 e. The fraction of sp³-hybridized carbons (Fsp3) is 0.938. The summed E-state index contributed by atoms with van der Waals surface area (Å²) in [6.45, 7) is 16.3. The molecule has 1 N–H and O–H groups in total. The van der Waals surface area contributed by atoms with Crippen molar-refractivity contribution < 1.29 is 14.3 Å². The van der Waals surface area contributed by atoms with Gasteiger partial charge in [0.2, 0.25) is 5.91 Å². The van der Waals surface area contributed by atoms with E-state index in [0.717, 1.165) is 6.42 Å². The Labute approximate surface area is 124 Å². The Bertz CT molecular complexity index is 285. The van der Waals surface area contributed by atoms with E-state index in [1.807, 2.05) is 6.92 Å². The SMILES string of the molecule is CCC(=O)NCCOC(C)(C)CCOC(C)(C)C(C)C. The van der Waals surface area contributed by atoms with Gasteiger partial charge in [-0.2, -0.15) is 0 Å². The van der Waals surface area contributed by atoms with E-state index < -0.39 is 0 Å². The van der Waals surface area contributed by atoms with E-state index in [1.165, 1.54) is 0 Å². The molecule has 0 atom stereocenters. The first-order valence-corrected chi connectivity index (χ1v) is 7.65. The number of hydrogen-bond acceptors (Lipinski definition) is 3. The minimum absolute atomic E-state index is 0.0634. The van der Waals surface area contributed by atoms with Crippen molar-refractivity contribution in [2.75, 3.05) is 19.8 Å². The average Bonchev–Trinajstić information content (AvgIpc) is 2.33. The van der Waals surface area contributed by atoms with Gasteiger partial charge in [0.25, 0.3) is 0 Å². The summed E-state index contributed by atoms with van der Waals surface area (Å²) in [6.07, 6.45) is 1.35. The first kappa shape index (κ1) is 19.4. The normalized spacial score (nSPS) is 12.8. The van der Waals surface area contributed by atoms with Gasteiger partial charge in [0, 0.05) is 13.0 Å². The summed E-state index contributed by atoms with van der Waals surface area (Å²) in [6, 6.07) is 0. The lowest BCUT2D eigenvalue weighted by Gasteiger charge is -2.32. The first-order valence-electron chi connectivity index (χ1n) is 7.65. The summed E-state index contributed by atoms with van der Waals surface area (Å²) in [5, 5.41) is 2.81. The molecular weight excluding hydrogens is 254 g/mol. The fourth-order valence-electron chi connectivity index (χ4n) is 1.44. The van der Waals surface area contributed by atoms with Crippen LogP contribution in [0.3, 0.4) is 0 Å². The molecule has 0 unspecified atom stereocenters. The Balaban J connectivity index is 3.87. The van der Waals surface area contributed by atoms with Crippen LogP contribution < -0.4 is 5.32 Å². The van der Waals surface area contributed by atoms with E-state index in [-0.39, 0.29) is 17.1 Å². The molecule has 0 aromatic heterocycles. The molecule has 0 aliphatic carbocycles. The molecular formula is C16H33NO3. The van der Waals surface area contributed by atoms with Crippen LogP contribution in [-0.4, -0.2) is 36.9 Å². The Morgan fingerprint density at radius 3 is 2.20 bits per heavy atom. The van der Waals surface area contributed by atoms with E-state index in [9.17, 15) is 4.79 Å². The standard InChI is InChI=1S/C16H33NO3/c1-8-14(18)17-10-12-19-15(4,5)9-11-20-16(6,7)13(2)3/h13H,8-12H2,1-7H3,(H,17,18). The van der Waals surface area contributed by atoms with Gasteiger partial charge in [0.1, 0.15) is 0 Å². The van der Waals surface area contributed by atoms with Crippen LogP contribution in [0.1, 0.15) is 61.3 Å². The number of hydrogen-bond donors (Lipinski definition) is 1. The zero-order valence-corrected chi connectivity index (χ0v) is 14.3. The molecule has 0 rings (SSSR count). The minimum Gasteiger partial charge on any atom is -0.375 e. The van der Waals surface area contributed by atoms with Crippen molar-refractivity contribution in [2.24, 2.45) is 5.92 Å². The molecule has 0 saturated heterocycles. The van der Waals surface area contributed by atoms with Crippen LogP contribution in [0.2, 0.25) is 0 Å². The molecule has 20 heavy (non-hydrogen) atoms. The number of ether oxygens (including phenoxy) is 2. The predicted octanol–water partition coefficient (Wildman–Crippen LogP) is 3.15. The molecule has 0 fully saturated rings. The van der Waals surface area contributed by atoms with Gasteiger partial charge in [0.15, 0.2) is 0 Å². The molecule has 0 radical (unpaired) electrons. The number of carbonyl (C=O) groups is 1. The lowest BCUT2D eigenvalue weighted by atomic mass is 9.94. The maximum atomic E-state index is 11.1. The molecule has 0 bridgehead atoms. The molecule has 0 heterocycles. The molecule has 120 valence electrons. The number of nitrogens with one attached hydrogen (secondary N) is 1. The molecule has 0 aromatic rings. The second-order valence-corrected chi connectivity index (χ2v) is 6.67. The maximum absolute atomic E-state index is 11.1. The largest absolute Gasteiger partial charge is 0.375 e. The van der Waals surface area contributed by atoms with Crippen LogP contribution in [0.5, 0.6) is 0 Å². The highest BCUT2D eigenvalue weighted by atomic mass is 16.5. The van der Waals surface area contributed by atoms with Crippen molar-refractivity contribution in [3.05, 3.63) is 0 Å². The van der Waals surface area contributed by atoms with Gasteiger partial charge in [-0.1, -0.05) is 20.8 Å². The lowest BCUT2D eigenvalue weighted by Crippen LogP contribution is -2.35. The van der Waals surface area contributed by atoms with E-state index in [0.29, 0.717) is 32.1 Å². The van der Waals surface area contributed by atoms with Crippen LogP contribution in [0.4, 0.5) is 0 Å². The molecule has 0 spiro atoms. The van der Waals surface area contributed by atoms with Crippen molar-refractivity contribution in [3.8, 4) is 0 Å². The number of rotatable bonds is 10. The molecule has 0 saturated carbocycles. The first-order chi connectivity index (χ1) is 9.10. The summed E-state index contributed by atoms with van der Waals surface area (Å²) in [4.78, 5) is 11.1. The summed E-state index contributed by atoms with van der Waals surface area (Å²) >= 11 is 0. The van der Waals surface area contributed by atoms with Crippen LogP contribution in [-0.2, 0) is 14.3 Å². The number of carbonyl (C=O) groups excluding carboxylic acids is 1. The second-order valence-electron chi connectivity index (χ2n) is 6.67. The molecule has 4 nitrogen and oxygen atoms in total. The van der Waals surface area contributed by atoms with Crippen LogP contribution >= 0.6 is 0 Å². The third kappa shape index (κ3) is 8.54. The molecule has 0 aromatic carbocycles. The zero-order valence-electron chi connectivity index (χ0n) is 14.3. The minimum atomic E-state index is -0.232. The van der Waals surface area contributed by atoms with Gasteiger partial charge in [-0.3, -0.25) is 4.79 Å². The highest BCUT2D eigenvalue weighted by Crippen LogP contribution is 2.22. The molecule has 1 amide bonds. The molecule has 0 aliphatic rings. The van der Waals surface area contributed by atoms with Gasteiger partial charge in [-0.05, 0) is 40.0 Å². The summed E-state index contributed by atoms with van der Waals surface area (Å²) in [7, 11) is 0. The van der Waals surface area contributed by atoms with E-state index in [2.05, 4.69) is 46.9 Å². The highest BCUT2D eigenvalue weighted by Gasteiger charge is 2.25. The third-order valence-electron chi connectivity index (χ3n) is 3.81.